The highest BCUT2D eigenvalue weighted by Crippen LogP contribution is 2.12. The molecule has 138 valence electrons. The van der Waals surface area contributed by atoms with Crippen LogP contribution in [0.1, 0.15) is 36.7 Å². The van der Waals surface area contributed by atoms with Crippen LogP contribution in [0, 0.1) is 6.92 Å². The molecule has 0 unspecified atom stereocenters. The number of benzene rings is 2. The summed E-state index contributed by atoms with van der Waals surface area (Å²) in [5, 5.41) is 4.76. The predicted molar refractivity (Wildman–Crippen MR) is 109 cm³/mol. The van der Waals surface area contributed by atoms with E-state index in [0.29, 0.717) is 23.5 Å². The second-order valence-corrected chi connectivity index (χ2v) is 7.45. The summed E-state index contributed by atoms with van der Waals surface area (Å²) in [6.07, 6.45) is 0. The third kappa shape index (κ3) is 5.05. The molecule has 0 aliphatic carbocycles. The van der Waals surface area contributed by atoms with Gasteiger partial charge in [0, 0.05) is 25.7 Å². The molecule has 1 N–H and O–H groups in total. The van der Waals surface area contributed by atoms with Gasteiger partial charge in [0.2, 0.25) is 0 Å². The first-order valence-electron chi connectivity index (χ1n) is 8.74. The lowest BCUT2D eigenvalue weighted by atomic mass is 10.1. The zero-order valence-electron chi connectivity index (χ0n) is 15.4. The van der Waals surface area contributed by atoms with E-state index in [1.165, 1.54) is 16.9 Å². The average molecular weight is 378 g/mol. The highest BCUT2D eigenvalue weighted by molar-refractivity contribution is 7.12. The summed E-state index contributed by atoms with van der Waals surface area (Å²) in [6, 6.07) is 19.2. The molecule has 4 nitrogen and oxygen atoms in total. The monoisotopic (exact) mass is 378 g/mol. The van der Waals surface area contributed by atoms with Gasteiger partial charge in [0.1, 0.15) is 0 Å². The molecule has 0 atom stereocenters. The number of amides is 2. The van der Waals surface area contributed by atoms with Crippen LogP contribution in [0.5, 0.6) is 0 Å². The van der Waals surface area contributed by atoms with E-state index in [1.807, 2.05) is 54.8 Å². The van der Waals surface area contributed by atoms with Crippen LogP contribution in [0.4, 0.5) is 0 Å². The van der Waals surface area contributed by atoms with Crippen LogP contribution in [-0.2, 0) is 13.1 Å². The molecular weight excluding hydrogens is 356 g/mol. The van der Waals surface area contributed by atoms with Crippen molar-refractivity contribution in [1.29, 1.82) is 0 Å². The van der Waals surface area contributed by atoms with Crippen LogP contribution in [0.2, 0.25) is 0 Å². The van der Waals surface area contributed by atoms with Crippen LogP contribution < -0.4 is 5.32 Å². The lowest BCUT2D eigenvalue weighted by Gasteiger charge is -2.17. The average Bonchev–Trinajstić information content (AvgIpc) is 3.22. The number of nitrogens with one attached hydrogen (secondary N) is 1. The van der Waals surface area contributed by atoms with Crippen molar-refractivity contribution in [2.45, 2.75) is 20.0 Å². The molecule has 0 aliphatic heterocycles. The molecule has 3 rings (SSSR count). The Morgan fingerprint density at radius 2 is 1.63 bits per heavy atom. The van der Waals surface area contributed by atoms with Gasteiger partial charge >= 0.3 is 0 Å². The number of thiophene rings is 1. The molecule has 0 saturated carbocycles. The Morgan fingerprint density at radius 1 is 0.963 bits per heavy atom. The molecule has 0 fully saturated rings. The zero-order valence-corrected chi connectivity index (χ0v) is 16.3. The number of nitrogens with zero attached hydrogens (tertiary/aromatic N) is 1. The number of aryl methyl sites for hydroxylation is 1. The molecular formula is C22H22N2O2S. The minimum Gasteiger partial charge on any atom is -0.347 e. The molecule has 0 bridgehead atoms. The number of rotatable bonds is 6. The maximum Gasteiger partial charge on any atom is 0.261 e. The van der Waals surface area contributed by atoms with Crippen LogP contribution in [0.15, 0.2) is 66.0 Å². The molecule has 0 saturated heterocycles. The van der Waals surface area contributed by atoms with Crippen molar-refractivity contribution in [3.05, 3.63) is 93.2 Å². The van der Waals surface area contributed by atoms with Crippen molar-refractivity contribution in [3.63, 3.8) is 0 Å². The Balaban J connectivity index is 1.56. The Bertz CT molecular complexity index is 901. The van der Waals surface area contributed by atoms with Crippen LogP contribution in [0.25, 0.3) is 0 Å². The third-order valence-corrected chi connectivity index (χ3v) is 5.15. The lowest BCUT2D eigenvalue weighted by Crippen LogP contribution is -2.26. The molecule has 3 aromatic rings. The normalized spacial score (nSPS) is 10.4. The zero-order chi connectivity index (χ0) is 19.2. The summed E-state index contributed by atoms with van der Waals surface area (Å²) < 4.78 is 0. The minimum atomic E-state index is -0.0806. The Morgan fingerprint density at radius 3 is 2.26 bits per heavy atom. The van der Waals surface area contributed by atoms with Gasteiger partial charge in [-0.3, -0.25) is 9.59 Å². The van der Waals surface area contributed by atoms with E-state index in [1.54, 1.807) is 30.1 Å². The summed E-state index contributed by atoms with van der Waals surface area (Å²) in [6.45, 7) is 3.05. The predicted octanol–water partition coefficient (Wildman–Crippen LogP) is 4.26. The van der Waals surface area contributed by atoms with Gasteiger partial charge in [0.05, 0.1) is 4.88 Å². The van der Waals surface area contributed by atoms with Crippen molar-refractivity contribution in [1.82, 2.24) is 10.2 Å². The van der Waals surface area contributed by atoms with Gasteiger partial charge < -0.3 is 10.2 Å². The first-order valence-corrected chi connectivity index (χ1v) is 9.62. The minimum absolute atomic E-state index is 0.0234. The first-order chi connectivity index (χ1) is 13.0. The maximum absolute atomic E-state index is 12.6. The fourth-order valence-electron chi connectivity index (χ4n) is 2.70. The maximum atomic E-state index is 12.6. The number of carbonyl (C=O) groups excluding carboxylic acids is 2. The smallest absolute Gasteiger partial charge is 0.261 e. The number of hydrogen-bond acceptors (Lipinski definition) is 3. The first kappa shape index (κ1) is 18.9. The summed E-state index contributed by atoms with van der Waals surface area (Å²) >= 11 is 1.41. The van der Waals surface area contributed by atoms with E-state index >= 15 is 0 Å². The molecule has 0 spiro atoms. The summed E-state index contributed by atoms with van der Waals surface area (Å²) in [7, 11) is 1.80. The van der Waals surface area contributed by atoms with Crippen molar-refractivity contribution < 1.29 is 9.59 Å². The topological polar surface area (TPSA) is 49.4 Å². The van der Waals surface area contributed by atoms with E-state index in [0.717, 1.165) is 11.1 Å². The molecule has 0 aliphatic rings. The van der Waals surface area contributed by atoms with Crippen LogP contribution in [-0.4, -0.2) is 23.8 Å². The standard InChI is InChI=1S/C22H22N2O2S/c1-16-5-7-18(8-6-16)15-24(2)22(26)19-11-9-17(10-12-19)14-23-21(25)20-4-3-13-27-20/h3-13H,14-15H2,1-2H3,(H,23,25). The van der Waals surface area contributed by atoms with Crippen molar-refractivity contribution in [2.75, 3.05) is 7.05 Å². The van der Waals surface area contributed by atoms with Gasteiger partial charge in [0.25, 0.3) is 11.8 Å². The van der Waals surface area contributed by atoms with Gasteiger partial charge in [-0.1, -0.05) is 48.0 Å². The molecule has 0 radical (unpaired) electrons. The van der Waals surface area contributed by atoms with Gasteiger partial charge in [-0.2, -0.15) is 0 Å². The SMILES string of the molecule is Cc1ccc(CN(C)C(=O)c2ccc(CNC(=O)c3cccs3)cc2)cc1. The molecule has 27 heavy (non-hydrogen) atoms. The lowest BCUT2D eigenvalue weighted by molar-refractivity contribution is 0.0784. The van der Waals surface area contributed by atoms with Gasteiger partial charge in [-0.05, 0) is 41.6 Å². The van der Waals surface area contributed by atoms with Crippen LogP contribution in [0.3, 0.4) is 0 Å². The Kier molecular flexibility index (Phi) is 6.04. The van der Waals surface area contributed by atoms with Crippen LogP contribution >= 0.6 is 11.3 Å². The Hall–Kier alpha value is -2.92. The number of carbonyl (C=O) groups is 2. The van der Waals surface area contributed by atoms with E-state index in [4.69, 9.17) is 0 Å². The quantitative estimate of drug-likeness (QED) is 0.697. The summed E-state index contributed by atoms with van der Waals surface area (Å²) in [5.74, 6) is -0.104. The summed E-state index contributed by atoms with van der Waals surface area (Å²) in [5.41, 5.74) is 3.90. The second-order valence-electron chi connectivity index (χ2n) is 6.50. The number of hydrogen-bond donors (Lipinski definition) is 1. The van der Waals surface area contributed by atoms with Crippen molar-refractivity contribution in [3.8, 4) is 0 Å². The van der Waals surface area contributed by atoms with Gasteiger partial charge in [0.15, 0.2) is 0 Å². The largest absolute Gasteiger partial charge is 0.347 e. The Labute approximate surface area is 163 Å². The molecule has 5 heteroatoms. The van der Waals surface area contributed by atoms with E-state index in [2.05, 4.69) is 5.32 Å². The second kappa shape index (κ2) is 8.64. The molecule has 2 amide bonds. The van der Waals surface area contributed by atoms with Crippen molar-refractivity contribution in [2.24, 2.45) is 0 Å². The highest BCUT2D eigenvalue weighted by Gasteiger charge is 2.12. The molecule has 2 aromatic carbocycles. The van der Waals surface area contributed by atoms with Gasteiger partial charge in [-0.25, -0.2) is 0 Å². The molecule has 1 heterocycles. The van der Waals surface area contributed by atoms with Gasteiger partial charge in [-0.15, -0.1) is 11.3 Å². The van der Waals surface area contributed by atoms with E-state index in [9.17, 15) is 9.59 Å². The fraction of sp³-hybridized carbons (Fsp3) is 0.182. The third-order valence-electron chi connectivity index (χ3n) is 4.29. The molecule has 1 aromatic heterocycles. The van der Waals surface area contributed by atoms with E-state index in [-0.39, 0.29) is 11.8 Å². The van der Waals surface area contributed by atoms with Crippen molar-refractivity contribution >= 4 is 23.2 Å². The fourth-order valence-corrected chi connectivity index (χ4v) is 3.34. The van der Waals surface area contributed by atoms with E-state index < -0.39 is 0 Å². The summed E-state index contributed by atoms with van der Waals surface area (Å²) in [4.78, 5) is 27.0. The highest BCUT2D eigenvalue weighted by atomic mass is 32.1.